The molecule has 0 saturated heterocycles. The van der Waals surface area contributed by atoms with Crippen molar-refractivity contribution >= 4 is 17.4 Å². The zero-order valence-corrected chi connectivity index (χ0v) is 10.7. The molecule has 5 heteroatoms. The van der Waals surface area contributed by atoms with E-state index in [0.29, 0.717) is 16.3 Å². The van der Waals surface area contributed by atoms with Gasteiger partial charge in [0.05, 0.1) is 12.1 Å². The molecule has 2 aromatic rings. The molecule has 0 fully saturated rings. The molecule has 0 aliphatic heterocycles. The van der Waals surface area contributed by atoms with Crippen LogP contribution in [0, 0.1) is 6.92 Å². The number of aromatic nitrogens is 2. The quantitative estimate of drug-likeness (QED) is 0.798. The Kier molecular flexibility index (Phi) is 3.58. The predicted octanol–water partition coefficient (Wildman–Crippen LogP) is 2.68. The number of methoxy groups -OCH3 is 1. The molecule has 0 atom stereocenters. The van der Waals surface area contributed by atoms with Gasteiger partial charge in [-0.2, -0.15) is 0 Å². The highest BCUT2D eigenvalue weighted by Gasteiger charge is 2.14. The number of nitrogens with zero attached hydrogens (tertiary/aromatic N) is 2. The van der Waals surface area contributed by atoms with Crippen LogP contribution in [0.4, 0.5) is 0 Å². The monoisotopic (exact) mass is 262 g/mol. The standard InChI is InChI=1S/C13H11ClN2O2/c1-8-6-15-13(16-7-8)12(17)9-3-4-10(14)11(5-9)18-2/h3-7H,1-2H3. The second-order valence-corrected chi connectivity index (χ2v) is 4.17. The van der Waals surface area contributed by atoms with E-state index in [2.05, 4.69) is 9.97 Å². The Balaban J connectivity index is 2.37. The van der Waals surface area contributed by atoms with Crippen molar-refractivity contribution in [1.82, 2.24) is 9.97 Å². The largest absolute Gasteiger partial charge is 0.495 e. The van der Waals surface area contributed by atoms with Crippen LogP contribution >= 0.6 is 11.6 Å². The topological polar surface area (TPSA) is 52.1 Å². The van der Waals surface area contributed by atoms with E-state index in [1.54, 1.807) is 30.6 Å². The summed E-state index contributed by atoms with van der Waals surface area (Å²) in [6.45, 7) is 1.86. The van der Waals surface area contributed by atoms with Gasteiger partial charge in [-0.05, 0) is 30.7 Å². The fourth-order valence-electron chi connectivity index (χ4n) is 1.44. The molecule has 2 rings (SSSR count). The van der Waals surface area contributed by atoms with Crippen molar-refractivity contribution in [2.75, 3.05) is 7.11 Å². The normalized spacial score (nSPS) is 10.2. The van der Waals surface area contributed by atoms with E-state index in [0.717, 1.165) is 5.56 Å². The van der Waals surface area contributed by atoms with Gasteiger partial charge in [0, 0.05) is 18.0 Å². The van der Waals surface area contributed by atoms with Crippen LogP contribution in [-0.2, 0) is 0 Å². The molecule has 1 aromatic carbocycles. The van der Waals surface area contributed by atoms with Crippen LogP contribution in [0.2, 0.25) is 5.02 Å². The van der Waals surface area contributed by atoms with Gasteiger partial charge in [-0.25, -0.2) is 9.97 Å². The molecule has 18 heavy (non-hydrogen) atoms. The van der Waals surface area contributed by atoms with Gasteiger partial charge < -0.3 is 4.74 Å². The van der Waals surface area contributed by atoms with Crippen molar-refractivity contribution in [3.8, 4) is 5.75 Å². The zero-order chi connectivity index (χ0) is 13.1. The van der Waals surface area contributed by atoms with Gasteiger partial charge in [0.25, 0.3) is 0 Å². The average Bonchev–Trinajstić information content (AvgIpc) is 2.39. The van der Waals surface area contributed by atoms with Crippen LogP contribution in [-0.4, -0.2) is 22.9 Å². The lowest BCUT2D eigenvalue weighted by atomic mass is 10.1. The Bertz CT molecular complexity index is 582. The van der Waals surface area contributed by atoms with Crippen molar-refractivity contribution in [3.63, 3.8) is 0 Å². The Morgan fingerprint density at radius 2 is 1.94 bits per heavy atom. The maximum absolute atomic E-state index is 12.1. The van der Waals surface area contributed by atoms with E-state index < -0.39 is 0 Å². The minimum Gasteiger partial charge on any atom is -0.495 e. The number of rotatable bonds is 3. The predicted molar refractivity (Wildman–Crippen MR) is 68.2 cm³/mol. The lowest BCUT2D eigenvalue weighted by molar-refractivity contribution is 0.102. The van der Waals surface area contributed by atoms with Gasteiger partial charge in [-0.1, -0.05) is 11.6 Å². The third kappa shape index (κ3) is 2.49. The van der Waals surface area contributed by atoms with E-state index in [1.165, 1.54) is 7.11 Å². The number of halogens is 1. The number of ketones is 1. The fraction of sp³-hybridized carbons (Fsp3) is 0.154. The maximum atomic E-state index is 12.1. The average molecular weight is 263 g/mol. The Labute approximate surface area is 110 Å². The summed E-state index contributed by atoms with van der Waals surface area (Å²) in [6, 6.07) is 4.81. The van der Waals surface area contributed by atoms with Crippen LogP contribution in [0.3, 0.4) is 0 Å². The lowest BCUT2D eigenvalue weighted by Gasteiger charge is -2.05. The molecular formula is C13H11ClN2O2. The summed E-state index contributed by atoms with van der Waals surface area (Å²) in [5, 5.41) is 0.457. The van der Waals surface area contributed by atoms with E-state index >= 15 is 0 Å². The molecule has 0 aliphatic rings. The number of hydrogen-bond acceptors (Lipinski definition) is 4. The molecule has 0 unspecified atom stereocenters. The molecule has 1 heterocycles. The van der Waals surface area contributed by atoms with E-state index in [1.807, 2.05) is 6.92 Å². The molecule has 0 amide bonds. The highest BCUT2D eigenvalue weighted by molar-refractivity contribution is 6.32. The molecule has 0 radical (unpaired) electrons. The Morgan fingerprint density at radius 3 is 2.56 bits per heavy atom. The summed E-state index contributed by atoms with van der Waals surface area (Å²) >= 11 is 5.90. The van der Waals surface area contributed by atoms with E-state index in [-0.39, 0.29) is 11.6 Å². The van der Waals surface area contributed by atoms with Crippen LogP contribution in [0.5, 0.6) is 5.75 Å². The first-order valence-corrected chi connectivity index (χ1v) is 5.66. The van der Waals surface area contributed by atoms with Crippen molar-refractivity contribution in [1.29, 1.82) is 0 Å². The van der Waals surface area contributed by atoms with Crippen LogP contribution in [0.25, 0.3) is 0 Å². The second kappa shape index (κ2) is 5.14. The van der Waals surface area contributed by atoms with Crippen LogP contribution in [0.1, 0.15) is 21.7 Å². The number of aryl methyl sites for hydroxylation is 1. The Morgan fingerprint density at radius 1 is 1.28 bits per heavy atom. The summed E-state index contributed by atoms with van der Waals surface area (Å²) in [7, 11) is 1.50. The first-order chi connectivity index (χ1) is 8.61. The molecule has 1 aromatic heterocycles. The molecule has 0 aliphatic carbocycles. The van der Waals surface area contributed by atoms with Crippen molar-refractivity contribution in [3.05, 3.63) is 52.6 Å². The molecule has 92 valence electrons. The van der Waals surface area contributed by atoms with Gasteiger partial charge >= 0.3 is 0 Å². The molecule has 4 nitrogen and oxygen atoms in total. The minimum atomic E-state index is -0.259. The first-order valence-electron chi connectivity index (χ1n) is 5.28. The minimum absolute atomic E-state index is 0.157. The van der Waals surface area contributed by atoms with Crippen LogP contribution in [0.15, 0.2) is 30.6 Å². The molecule has 0 N–H and O–H groups in total. The lowest BCUT2D eigenvalue weighted by Crippen LogP contribution is -2.07. The summed E-state index contributed by atoms with van der Waals surface area (Å²) in [4.78, 5) is 20.1. The highest BCUT2D eigenvalue weighted by atomic mass is 35.5. The molecule has 0 saturated carbocycles. The van der Waals surface area contributed by atoms with Gasteiger partial charge in [0.1, 0.15) is 5.75 Å². The number of carbonyl (C=O) groups excluding carboxylic acids is 1. The second-order valence-electron chi connectivity index (χ2n) is 3.76. The number of ether oxygens (including phenoxy) is 1. The van der Waals surface area contributed by atoms with E-state index in [9.17, 15) is 4.79 Å². The number of benzene rings is 1. The summed E-state index contributed by atoms with van der Waals surface area (Å²) in [6.07, 6.45) is 3.21. The van der Waals surface area contributed by atoms with E-state index in [4.69, 9.17) is 16.3 Å². The van der Waals surface area contributed by atoms with Gasteiger partial charge in [-0.3, -0.25) is 4.79 Å². The maximum Gasteiger partial charge on any atom is 0.230 e. The zero-order valence-electron chi connectivity index (χ0n) is 9.98. The number of hydrogen-bond donors (Lipinski definition) is 0. The van der Waals surface area contributed by atoms with Crippen molar-refractivity contribution in [2.45, 2.75) is 6.92 Å². The molecule has 0 spiro atoms. The van der Waals surface area contributed by atoms with Crippen molar-refractivity contribution in [2.24, 2.45) is 0 Å². The fourth-order valence-corrected chi connectivity index (χ4v) is 1.63. The Hall–Kier alpha value is -1.94. The highest BCUT2D eigenvalue weighted by Crippen LogP contribution is 2.25. The van der Waals surface area contributed by atoms with Crippen molar-refractivity contribution < 1.29 is 9.53 Å². The van der Waals surface area contributed by atoms with Crippen LogP contribution < -0.4 is 4.74 Å². The smallest absolute Gasteiger partial charge is 0.230 e. The third-order valence-corrected chi connectivity index (χ3v) is 2.71. The summed E-state index contributed by atoms with van der Waals surface area (Å²) in [5.74, 6) is 0.351. The summed E-state index contributed by atoms with van der Waals surface area (Å²) in [5.41, 5.74) is 1.35. The van der Waals surface area contributed by atoms with Gasteiger partial charge in [-0.15, -0.1) is 0 Å². The van der Waals surface area contributed by atoms with Gasteiger partial charge in [0.2, 0.25) is 11.6 Å². The third-order valence-electron chi connectivity index (χ3n) is 2.40. The van der Waals surface area contributed by atoms with Gasteiger partial charge in [0.15, 0.2) is 0 Å². The SMILES string of the molecule is COc1cc(C(=O)c2ncc(C)cn2)ccc1Cl. The summed E-state index contributed by atoms with van der Waals surface area (Å²) < 4.78 is 5.07. The molecule has 0 bridgehead atoms. The first kappa shape index (κ1) is 12.5. The molecular weight excluding hydrogens is 252 g/mol. The number of carbonyl (C=O) groups is 1.